The number of aliphatic carboxylic acids is 1. The second-order valence-electron chi connectivity index (χ2n) is 4.67. The van der Waals surface area contributed by atoms with Crippen LogP contribution >= 0.6 is 0 Å². The van der Waals surface area contributed by atoms with Crippen molar-refractivity contribution in [1.82, 2.24) is 5.32 Å². The Morgan fingerprint density at radius 3 is 2.45 bits per heavy atom. The van der Waals surface area contributed by atoms with Crippen LogP contribution in [0.3, 0.4) is 0 Å². The first-order valence-electron chi connectivity index (χ1n) is 6.48. The van der Waals surface area contributed by atoms with Crippen molar-refractivity contribution >= 4 is 11.9 Å². The first kappa shape index (κ1) is 15.6. The number of halogens is 2. The minimum atomic E-state index is -1.50. The fourth-order valence-electron chi connectivity index (χ4n) is 2.03. The molecule has 6 heteroatoms. The van der Waals surface area contributed by atoms with E-state index in [4.69, 9.17) is 5.11 Å². The molecule has 2 rings (SSSR count). The predicted molar refractivity (Wildman–Crippen MR) is 75.0 cm³/mol. The van der Waals surface area contributed by atoms with Gasteiger partial charge in [-0.1, -0.05) is 30.3 Å². The van der Waals surface area contributed by atoms with Gasteiger partial charge in [0.2, 0.25) is 5.91 Å². The van der Waals surface area contributed by atoms with Crippen molar-refractivity contribution < 1.29 is 23.5 Å². The van der Waals surface area contributed by atoms with Crippen molar-refractivity contribution in [2.45, 2.75) is 12.5 Å². The quantitative estimate of drug-likeness (QED) is 0.891. The van der Waals surface area contributed by atoms with Crippen LogP contribution in [0.2, 0.25) is 0 Å². The summed E-state index contributed by atoms with van der Waals surface area (Å²) >= 11 is 0. The van der Waals surface area contributed by atoms with Gasteiger partial charge >= 0.3 is 5.97 Å². The summed E-state index contributed by atoms with van der Waals surface area (Å²) in [5, 5.41) is 11.4. The minimum Gasteiger partial charge on any atom is -0.479 e. The number of rotatable bonds is 5. The third kappa shape index (κ3) is 3.88. The smallest absolute Gasteiger partial charge is 0.331 e. The van der Waals surface area contributed by atoms with Gasteiger partial charge in [0.15, 0.2) is 6.04 Å². The van der Waals surface area contributed by atoms with E-state index in [1.54, 1.807) is 6.07 Å². The predicted octanol–water partition coefficient (Wildman–Crippen LogP) is 2.45. The average molecular weight is 305 g/mol. The monoisotopic (exact) mass is 305 g/mol. The van der Waals surface area contributed by atoms with Gasteiger partial charge in [-0.25, -0.2) is 13.6 Å². The lowest BCUT2D eigenvalue weighted by atomic mass is 10.1. The highest BCUT2D eigenvalue weighted by atomic mass is 19.1. The summed E-state index contributed by atoms with van der Waals surface area (Å²) in [5.41, 5.74) is 0.262. The van der Waals surface area contributed by atoms with Crippen molar-refractivity contribution in [3.8, 4) is 0 Å². The Labute approximate surface area is 125 Å². The number of hydrogen-bond donors (Lipinski definition) is 2. The number of carboxylic acid groups (broad SMARTS) is 1. The Bertz CT molecular complexity index is 703. The fraction of sp³-hybridized carbons (Fsp3) is 0.125. The molecular weight excluding hydrogens is 292 g/mol. The minimum absolute atomic E-state index is 0.136. The maximum Gasteiger partial charge on any atom is 0.331 e. The number of nitrogens with one attached hydrogen (secondary N) is 1. The van der Waals surface area contributed by atoms with Crippen LogP contribution in [-0.4, -0.2) is 17.0 Å². The summed E-state index contributed by atoms with van der Waals surface area (Å²) in [4.78, 5) is 23.2. The standard InChI is InChI=1S/C16H13F2NO3/c17-11-5-3-4-10(8-11)9-14(20)19-15(16(21)22)12-6-1-2-7-13(12)18/h1-8,15H,9H2,(H,19,20)(H,21,22). The van der Waals surface area contributed by atoms with E-state index in [9.17, 15) is 18.4 Å². The molecule has 1 amide bonds. The molecule has 0 bridgehead atoms. The molecular formula is C16H13F2NO3. The van der Waals surface area contributed by atoms with Crippen LogP contribution < -0.4 is 5.32 Å². The summed E-state index contributed by atoms with van der Waals surface area (Å²) in [6, 6.07) is 9.21. The summed E-state index contributed by atoms with van der Waals surface area (Å²) in [5.74, 6) is -3.23. The van der Waals surface area contributed by atoms with Gasteiger partial charge in [-0.2, -0.15) is 0 Å². The van der Waals surface area contributed by atoms with Gasteiger partial charge in [0.05, 0.1) is 6.42 Å². The normalized spacial score (nSPS) is 11.7. The van der Waals surface area contributed by atoms with E-state index in [0.29, 0.717) is 5.56 Å². The number of carboxylic acids is 1. The van der Waals surface area contributed by atoms with Gasteiger partial charge in [0.1, 0.15) is 11.6 Å². The van der Waals surface area contributed by atoms with Crippen LogP contribution in [0.1, 0.15) is 17.2 Å². The molecule has 1 unspecified atom stereocenters. The molecule has 0 saturated carbocycles. The Morgan fingerprint density at radius 1 is 1.09 bits per heavy atom. The van der Waals surface area contributed by atoms with Gasteiger partial charge in [-0.05, 0) is 23.8 Å². The molecule has 2 aromatic rings. The molecule has 4 nitrogen and oxygen atoms in total. The molecule has 2 aromatic carbocycles. The molecule has 22 heavy (non-hydrogen) atoms. The summed E-state index contributed by atoms with van der Waals surface area (Å²) in [6.45, 7) is 0. The molecule has 0 fully saturated rings. The van der Waals surface area contributed by atoms with Crippen molar-refractivity contribution in [3.05, 3.63) is 71.3 Å². The van der Waals surface area contributed by atoms with Crippen molar-refractivity contribution in [1.29, 1.82) is 0 Å². The molecule has 0 spiro atoms. The highest BCUT2D eigenvalue weighted by molar-refractivity contribution is 5.85. The third-order valence-corrected chi connectivity index (χ3v) is 3.02. The molecule has 0 saturated heterocycles. The Balaban J connectivity index is 2.13. The van der Waals surface area contributed by atoms with E-state index in [1.165, 1.54) is 36.4 Å². The zero-order valence-electron chi connectivity index (χ0n) is 11.4. The van der Waals surface area contributed by atoms with Crippen LogP contribution in [0, 0.1) is 11.6 Å². The molecule has 1 atom stereocenters. The van der Waals surface area contributed by atoms with E-state index in [-0.39, 0.29) is 12.0 Å². The third-order valence-electron chi connectivity index (χ3n) is 3.02. The van der Waals surface area contributed by atoms with Gasteiger partial charge in [-0.3, -0.25) is 4.79 Å². The number of carbonyl (C=O) groups is 2. The number of amides is 1. The van der Waals surface area contributed by atoms with Crippen LogP contribution in [0.25, 0.3) is 0 Å². The van der Waals surface area contributed by atoms with Gasteiger partial charge < -0.3 is 10.4 Å². The molecule has 2 N–H and O–H groups in total. The van der Waals surface area contributed by atoms with Crippen LogP contribution in [-0.2, 0) is 16.0 Å². The van der Waals surface area contributed by atoms with Crippen LogP contribution in [0.15, 0.2) is 48.5 Å². The Morgan fingerprint density at radius 2 is 1.82 bits per heavy atom. The highest BCUT2D eigenvalue weighted by Gasteiger charge is 2.24. The summed E-state index contributed by atoms with van der Waals surface area (Å²) in [6.07, 6.45) is -0.198. The van der Waals surface area contributed by atoms with Crippen molar-refractivity contribution in [2.24, 2.45) is 0 Å². The SMILES string of the molecule is O=C(Cc1cccc(F)c1)NC(C(=O)O)c1ccccc1F. The lowest BCUT2D eigenvalue weighted by Crippen LogP contribution is -2.35. The number of benzene rings is 2. The molecule has 114 valence electrons. The molecule has 0 aliphatic heterocycles. The molecule has 0 aliphatic rings. The van der Waals surface area contributed by atoms with E-state index >= 15 is 0 Å². The first-order chi connectivity index (χ1) is 10.5. The maximum atomic E-state index is 13.7. The largest absolute Gasteiger partial charge is 0.479 e. The van der Waals surface area contributed by atoms with Gasteiger partial charge in [0.25, 0.3) is 0 Å². The molecule has 0 aliphatic carbocycles. The Hall–Kier alpha value is -2.76. The molecule has 0 aromatic heterocycles. The highest BCUT2D eigenvalue weighted by Crippen LogP contribution is 2.17. The molecule has 0 heterocycles. The van der Waals surface area contributed by atoms with E-state index in [0.717, 1.165) is 6.07 Å². The first-order valence-corrected chi connectivity index (χ1v) is 6.48. The van der Waals surface area contributed by atoms with Crippen molar-refractivity contribution in [3.63, 3.8) is 0 Å². The zero-order chi connectivity index (χ0) is 16.1. The van der Waals surface area contributed by atoms with Crippen LogP contribution in [0.5, 0.6) is 0 Å². The molecule has 0 radical (unpaired) electrons. The summed E-state index contributed by atoms with van der Waals surface area (Å²) in [7, 11) is 0. The van der Waals surface area contributed by atoms with Gasteiger partial charge in [0, 0.05) is 5.56 Å². The van der Waals surface area contributed by atoms with Crippen molar-refractivity contribution in [2.75, 3.05) is 0 Å². The van der Waals surface area contributed by atoms with E-state index < -0.39 is 29.6 Å². The second kappa shape index (κ2) is 6.80. The van der Waals surface area contributed by atoms with E-state index in [2.05, 4.69) is 5.32 Å². The Kier molecular flexibility index (Phi) is 4.83. The van der Waals surface area contributed by atoms with Crippen LogP contribution in [0.4, 0.5) is 8.78 Å². The topological polar surface area (TPSA) is 66.4 Å². The van der Waals surface area contributed by atoms with E-state index in [1.807, 2.05) is 0 Å². The fourth-order valence-corrected chi connectivity index (χ4v) is 2.03. The summed E-state index contributed by atoms with van der Waals surface area (Å²) < 4.78 is 26.7. The maximum absolute atomic E-state index is 13.7. The number of carbonyl (C=O) groups excluding carboxylic acids is 1. The van der Waals surface area contributed by atoms with Gasteiger partial charge in [-0.15, -0.1) is 0 Å². The lowest BCUT2D eigenvalue weighted by molar-refractivity contribution is -0.142. The average Bonchev–Trinajstić information content (AvgIpc) is 2.45. The lowest BCUT2D eigenvalue weighted by Gasteiger charge is -2.15. The second-order valence-corrected chi connectivity index (χ2v) is 4.67. The zero-order valence-corrected chi connectivity index (χ0v) is 11.4. The number of hydrogen-bond acceptors (Lipinski definition) is 2.